The minimum atomic E-state index is 0.156. The molecule has 1 aromatic carbocycles. The zero-order chi connectivity index (χ0) is 17.5. The number of amides is 1. The van der Waals surface area contributed by atoms with E-state index in [2.05, 4.69) is 44.0 Å². The number of benzene rings is 1. The highest BCUT2D eigenvalue weighted by Gasteiger charge is 2.26. The third kappa shape index (κ3) is 4.52. The highest BCUT2D eigenvalue weighted by molar-refractivity contribution is 5.97. The lowest BCUT2D eigenvalue weighted by molar-refractivity contribution is -0.116. The molecule has 0 fully saturated rings. The molecule has 0 atom stereocenters. The van der Waals surface area contributed by atoms with Crippen molar-refractivity contribution in [2.24, 2.45) is 0 Å². The first-order chi connectivity index (χ1) is 11.6. The molecule has 3 heteroatoms. The molecule has 1 amide bonds. The smallest absolute Gasteiger partial charge is 0.224 e. The van der Waals surface area contributed by atoms with Gasteiger partial charge in [-0.25, -0.2) is 0 Å². The summed E-state index contributed by atoms with van der Waals surface area (Å²) in [5, 5.41) is 3.22. The molecular formula is C21H34N2O. The van der Waals surface area contributed by atoms with E-state index in [1.54, 1.807) is 0 Å². The largest absolute Gasteiger partial charge is 0.369 e. The van der Waals surface area contributed by atoms with Crippen LogP contribution in [0.25, 0.3) is 0 Å². The molecule has 0 aromatic heterocycles. The van der Waals surface area contributed by atoms with Crippen LogP contribution < -0.4 is 10.2 Å². The van der Waals surface area contributed by atoms with E-state index in [-0.39, 0.29) is 5.91 Å². The van der Waals surface area contributed by atoms with E-state index < -0.39 is 0 Å². The van der Waals surface area contributed by atoms with Crippen molar-refractivity contribution in [3.8, 4) is 0 Å². The van der Waals surface area contributed by atoms with Crippen LogP contribution in [0, 0.1) is 13.8 Å². The Labute approximate surface area is 147 Å². The fourth-order valence-electron chi connectivity index (χ4n) is 3.68. The Kier molecular flexibility index (Phi) is 7.14. The molecule has 0 aliphatic carbocycles. The summed E-state index contributed by atoms with van der Waals surface area (Å²) in [5.41, 5.74) is 6.35. The van der Waals surface area contributed by atoms with Crippen molar-refractivity contribution in [1.82, 2.24) is 0 Å². The molecule has 2 rings (SSSR count). The summed E-state index contributed by atoms with van der Waals surface area (Å²) in [6.07, 6.45) is 8.86. The van der Waals surface area contributed by atoms with Crippen LogP contribution >= 0.6 is 0 Å². The van der Waals surface area contributed by atoms with E-state index in [4.69, 9.17) is 0 Å². The third-order valence-electron chi connectivity index (χ3n) is 5.08. The second kappa shape index (κ2) is 9.10. The molecule has 0 radical (unpaired) electrons. The van der Waals surface area contributed by atoms with E-state index >= 15 is 0 Å². The van der Waals surface area contributed by atoms with Gasteiger partial charge in [0.05, 0.1) is 11.4 Å². The first-order valence-electron chi connectivity index (χ1n) is 9.76. The number of fused-ring (bicyclic) bond motifs is 1. The molecule has 1 aliphatic rings. The molecule has 0 bridgehead atoms. The van der Waals surface area contributed by atoms with E-state index in [1.807, 2.05) is 0 Å². The predicted molar refractivity (Wildman–Crippen MR) is 104 cm³/mol. The molecule has 134 valence electrons. The number of nitrogens with zero attached hydrogens (tertiary/aromatic N) is 1. The van der Waals surface area contributed by atoms with Crippen molar-refractivity contribution in [2.45, 2.75) is 79.1 Å². The number of rotatable bonds is 9. The zero-order valence-corrected chi connectivity index (χ0v) is 16.0. The van der Waals surface area contributed by atoms with Gasteiger partial charge in [-0.3, -0.25) is 4.79 Å². The predicted octanol–water partition coefficient (Wildman–Crippen LogP) is 5.37. The third-order valence-corrected chi connectivity index (χ3v) is 5.08. The zero-order valence-electron chi connectivity index (χ0n) is 16.0. The second-order valence-corrected chi connectivity index (χ2v) is 7.16. The Bertz CT molecular complexity index is 565. The summed E-state index contributed by atoms with van der Waals surface area (Å²) in [5.74, 6) is 0.156. The van der Waals surface area contributed by atoms with Crippen LogP contribution in [-0.4, -0.2) is 19.0 Å². The van der Waals surface area contributed by atoms with Gasteiger partial charge >= 0.3 is 0 Å². The number of nitrogens with one attached hydrogen (secondary N) is 1. The van der Waals surface area contributed by atoms with Gasteiger partial charge in [-0.05, 0) is 49.8 Å². The fraction of sp³-hybridized carbons (Fsp3) is 0.667. The lowest BCUT2D eigenvalue weighted by atomic mass is 10.0. The summed E-state index contributed by atoms with van der Waals surface area (Å²) in [6.45, 7) is 10.9. The molecule has 24 heavy (non-hydrogen) atoms. The molecule has 1 aromatic rings. The molecule has 1 aliphatic heterocycles. The highest BCUT2D eigenvalue weighted by atomic mass is 16.1. The number of carbonyl (C=O) groups excluding carboxylic acids is 1. The number of aryl methyl sites for hydroxylation is 2. The quantitative estimate of drug-likeness (QED) is 0.617. The number of carbonyl (C=O) groups is 1. The van der Waals surface area contributed by atoms with Crippen molar-refractivity contribution in [3.63, 3.8) is 0 Å². The van der Waals surface area contributed by atoms with Gasteiger partial charge in [0.15, 0.2) is 0 Å². The number of anilines is 2. The molecular weight excluding hydrogens is 296 g/mol. The monoisotopic (exact) mass is 330 g/mol. The molecule has 1 N–H and O–H groups in total. The molecule has 0 saturated heterocycles. The van der Waals surface area contributed by atoms with Gasteiger partial charge in [-0.2, -0.15) is 0 Å². The normalized spacial score (nSPS) is 13.2. The Balaban J connectivity index is 2.18. The van der Waals surface area contributed by atoms with Crippen LogP contribution in [0.2, 0.25) is 0 Å². The maximum atomic E-state index is 12.3. The minimum Gasteiger partial charge on any atom is -0.369 e. The maximum Gasteiger partial charge on any atom is 0.224 e. The lowest BCUT2D eigenvalue weighted by Gasteiger charge is -2.24. The number of unbranched alkanes of at least 4 members (excludes halogenated alkanes) is 4. The van der Waals surface area contributed by atoms with Gasteiger partial charge in [-0.1, -0.05) is 45.6 Å². The van der Waals surface area contributed by atoms with Crippen LogP contribution in [-0.2, 0) is 11.2 Å². The van der Waals surface area contributed by atoms with Crippen LogP contribution in [0.1, 0.15) is 75.5 Å². The molecule has 3 nitrogen and oxygen atoms in total. The molecule has 0 unspecified atom stereocenters. The average molecular weight is 331 g/mol. The van der Waals surface area contributed by atoms with Crippen molar-refractivity contribution in [1.29, 1.82) is 0 Å². The SMILES string of the molecule is CCCCCCN1CCc2c(C)cc(C)c(NC(=O)CCCC)c21. The Morgan fingerprint density at radius 1 is 1.08 bits per heavy atom. The summed E-state index contributed by atoms with van der Waals surface area (Å²) < 4.78 is 0. The number of hydrogen-bond donors (Lipinski definition) is 1. The molecule has 1 heterocycles. The van der Waals surface area contributed by atoms with Crippen molar-refractivity contribution < 1.29 is 4.79 Å². The van der Waals surface area contributed by atoms with Crippen molar-refractivity contribution >= 4 is 17.3 Å². The second-order valence-electron chi connectivity index (χ2n) is 7.16. The molecule has 0 saturated carbocycles. The average Bonchev–Trinajstić information content (AvgIpc) is 2.98. The minimum absolute atomic E-state index is 0.156. The van der Waals surface area contributed by atoms with Gasteiger partial charge in [0.1, 0.15) is 0 Å². The Morgan fingerprint density at radius 2 is 1.83 bits per heavy atom. The topological polar surface area (TPSA) is 32.3 Å². The van der Waals surface area contributed by atoms with E-state index in [0.717, 1.165) is 38.0 Å². The van der Waals surface area contributed by atoms with Crippen LogP contribution in [0.5, 0.6) is 0 Å². The van der Waals surface area contributed by atoms with E-state index in [9.17, 15) is 4.79 Å². The Morgan fingerprint density at radius 3 is 2.54 bits per heavy atom. The summed E-state index contributed by atoms with van der Waals surface area (Å²) >= 11 is 0. The standard InChI is InChI=1S/C21H34N2O/c1-5-7-9-10-13-23-14-12-18-16(3)15-17(4)20(21(18)23)22-19(24)11-8-6-2/h15H,5-14H2,1-4H3,(H,22,24). The fourth-order valence-corrected chi connectivity index (χ4v) is 3.68. The number of hydrogen-bond acceptors (Lipinski definition) is 2. The van der Waals surface area contributed by atoms with E-state index in [1.165, 1.54) is 48.1 Å². The van der Waals surface area contributed by atoms with Gasteiger partial charge in [-0.15, -0.1) is 0 Å². The van der Waals surface area contributed by atoms with Gasteiger partial charge in [0, 0.05) is 19.5 Å². The van der Waals surface area contributed by atoms with Gasteiger partial charge in [0.25, 0.3) is 0 Å². The summed E-state index contributed by atoms with van der Waals surface area (Å²) in [7, 11) is 0. The lowest BCUT2D eigenvalue weighted by Crippen LogP contribution is -2.24. The van der Waals surface area contributed by atoms with E-state index in [0.29, 0.717) is 6.42 Å². The highest BCUT2D eigenvalue weighted by Crippen LogP contribution is 2.40. The summed E-state index contributed by atoms with van der Waals surface area (Å²) in [4.78, 5) is 14.8. The summed E-state index contributed by atoms with van der Waals surface area (Å²) in [6, 6.07) is 2.23. The maximum absolute atomic E-state index is 12.3. The van der Waals surface area contributed by atoms with Crippen molar-refractivity contribution in [2.75, 3.05) is 23.3 Å². The molecule has 0 spiro atoms. The van der Waals surface area contributed by atoms with Crippen LogP contribution in [0.3, 0.4) is 0 Å². The first kappa shape index (κ1) is 18.8. The van der Waals surface area contributed by atoms with Crippen LogP contribution in [0.15, 0.2) is 6.07 Å². The first-order valence-corrected chi connectivity index (χ1v) is 9.76. The van der Waals surface area contributed by atoms with Crippen molar-refractivity contribution in [3.05, 3.63) is 22.8 Å². The van der Waals surface area contributed by atoms with Gasteiger partial charge in [0.2, 0.25) is 5.91 Å². The Hall–Kier alpha value is -1.51. The van der Waals surface area contributed by atoms with Gasteiger partial charge < -0.3 is 10.2 Å². The van der Waals surface area contributed by atoms with Crippen LogP contribution in [0.4, 0.5) is 11.4 Å².